The van der Waals surface area contributed by atoms with Gasteiger partial charge in [0.1, 0.15) is 5.78 Å². The molecule has 18 heavy (non-hydrogen) atoms. The summed E-state index contributed by atoms with van der Waals surface area (Å²) in [6, 6.07) is 7.85. The molecule has 4 heteroatoms. The van der Waals surface area contributed by atoms with E-state index >= 15 is 0 Å². The Bertz CT molecular complexity index is 555. The minimum atomic E-state index is 0.163. The molecule has 2 rings (SSSR count). The van der Waals surface area contributed by atoms with Gasteiger partial charge in [0.05, 0.1) is 5.69 Å². The number of hydrogen-bond acceptors (Lipinski definition) is 4. The van der Waals surface area contributed by atoms with E-state index in [9.17, 15) is 4.79 Å². The van der Waals surface area contributed by atoms with Gasteiger partial charge in [-0.1, -0.05) is 18.2 Å². The molecule has 0 saturated carbocycles. The van der Waals surface area contributed by atoms with Crippen molar-refractivity contribution < 1.29 is 4.79 Å². The maximum absolute atomic E-state index is 11.2. The van der Waals surface area contributed by atoms with E-state index in [0.717, 1.165) is 22.1 Å². The summed E-state index contributed by atoms with van der Waals surface area (Å²) >= 11 is 1.63. The van der Waals surface area contributed by atoms with Crippen LogP contribution >= 0.6 is 11.3 Å². The molecule has 0 fully saturated rings. The number of hydrogen-bond donors (Lipinski definition) is 1. The van der Waals surface area contributed by atoms with Crippen LogP contribution in [0.1, 0.15) is 23.1 Å². The number of aromatic nitrogens is 1. The number of Topliss-reactive ketones (excluding diaryl/α,β-unsaturated/α-hetero) is 1. The number of benzene rings is 1. The largest absolute Gasteiger partial charge is 0.331 e. The number of nitrogens with zero attached hydrogens (tertiary/aromatic N) is 1. The van der Waals surface area contributed by atoms with E-state index < -0.39 is 0 Å². The molecule has 0 atom stereocenters. The molecule has 0 aliphatic heterocycles. The normalized spacial score (nSPS) is 10.4. The fraction of sp³-hybridized carbons (Fsp3) is 0.286. The van der Waals surface area contributed by atoms with E-state index in [0.29, 0.717) is 6.42 Å². The summed E-state index contributed by atoms with van der Waals surface area (Å²) in [5.41, 5.74) is 3.02. The standard InChI is InChI=1S/C14H16N2OS/c1-9(17)8-12-6-4-5-7-13(12)16-14-15-10(2)11(3)18-14/h4-7H,8H2,1-3H3,(H,15,16). The van der Waals surface area contributed by atoms with Gasteiger partial charge in [-0.2, -0.15) is 0 Å². The van der Waals surface area contributed by atoms with Crippen LogP contribution in [-0.4, -0.2) is 10.8 Å². The molecule has 94 valence electrons. The van der Waals surface area contributed by atoms with Crippen LogP contribution in [0.2, 0.25) is 0 Å². The van der Waals surface area contributed by atoms with Crippen molar-refractivity contribution in [2.24, 2.45) is 0 Å². The number of carbonyl (C=O) groups excluding carboxylic acids is 1. The molecule has 0 amide bonds. The minimum absolute atomic E-state index is 0.163. The minimum Gasteiger partial charge on any atom is -0.331 e. The van der Waals surface area contributed by atoms with Gasteiger partial charge in [-0.25, -0.2) is 4.98 Å². The van der Waals surface area contributed by atoms with Gasteiger partial charge in [0.15, 0.2) is 5.13 Å². The first kappa shape index (κ1) is 12.8. The highest BCUT2D eigenvalue weighted by atomic mass is 32.1. The Morgan fingerprint density at radius 3 is 2.67 bits per heavy atom. The molecule has 3 nitrogen and oxygen atoms in total. The number of carbonyl (C=O) groups is 1. The molecule has 0 aliphatic carbocycles. The van der Waals surface area contributed by atoms with Gasteiger partial charge in [-0.3, -0.25) is 4.79 Å². The van der Waals surface area contributed by atoms with Gasteiger partial charge < -0.3 is 5.32 Å². The molecular formula is C14H16N2OS. The van der Waals surface area contributed by atoms with E-state index in [1.54, 1.807) is 18.3 Å². The van der Waals surface area contributed by atoms with Gasteiger partial charge >= 0.3 is 0 Å². The van der Waals surface area contributed by atoms with Crippen molar-refractivity contribution in [3.63, 3.8) is 0 Å². The second-order valence-corrected chi connectivity index (χ2v) is 5.52. The van der Waals surface area contributed by atoms with Crippen LogP contribution < -0.4 is 5.32 Å². The fourth-order valence-corrected chi connectivity index (χ4v) is 2.53. The maximum atomic E-state index is 11.2. The summed E-state index contributed by atoms with van der Waals surface area (Å²) in [5.74, 6) is 0.163. The predicted molar refractivity (Wildman–Crippen MR) is 75.7 cm³/mol. The van der Waals surface area contributed by atoms with E-state index in [1.807, 2.05) is 31.2 Å². The lowest BCUT2D eigenvalue weighted by molar-refractivity contribution is -0.116. The van der Waals surface area contributed by atoms with Crippen molar-refractivity contribution in [2.75, 3.05) is 5.32 Å². The fourth-order valence-electron chi connectivity index (χ4n) is 1.71. The summed E-state index contributed by atoms with van der Waals surface area (Å²) in [7, 11) is 0. The highest BCUT2D eigenvalue weighted by Gasteiger charge is 2.08. The second kappa shape index (κ2) is 5.31. The Kier molecular flexibility index (Phi) is 3.77. The quantitative estimate of drug-likeness (QED) is 0.912. The molecule has 1 aromatic heterocycles. The zero-order valence-electron chi connectivity index (χ0n) is 10.8. The monoisotopic (exact) mass is 260 g/mol. The lowest BCUT2D eigenvalue weighted by Gasteiger charge is -2.08. The number of ketones is 1. The van der Waals surface area contributed by atoms with Gasteiger partial charge in [-0.15, -0.1) is 11.3 Å². The molecule has 0 aliphatic rings. The number of para-hydroxylation sites is 1. The number of thiazole rings is 1. The highest BCUT2D eigenvalue weighted by Crippen LogP contribution is 2.26. The van der Waals surface area contributed by atoms with Crippen LogP contribution in [-0.2, 0) is 11.2 Å². The zero-order valence-corrected chi connectivity index (χ0v) is 11.6. The number of aryl methyl sites for hydroxylation is 2. The Morgan fingerprint density at radius 1 is 1.33 bits per heavy atom. The van der Waals surface area contributed by atoms with Crippen LogP contribution in [0.25, 0.3) is 0 Å². The molecule has 1 aromatic carbocycles. The summed E-state index contributed by atoms with van der Waals surface area (Å²) in [5, 5.41) is 4.17. The molecule has 0 unspecified atom stereocenters. The van der Waals surface area contributed by atoms with E-state index in [-0.39, 0.29) is 5.78 Å². The Hall–Kier alpha value is -1.68. The Morgan fingerprint density at radius 2 is 2.06 bits per heavy atom. The predicted octanol–water partition coefficient (Wildman–Crippen LogP) is 3.64. The first-order valence-corrected chi connectivity index (χ1v) is 6.66. The second-order valence-electron chi connectivity index (χ2n) is 4.32. The smallest absolute Gasteiger partial charge is 0.187 e. The van der Waals surface area contributed by atoms with Crippen molar-refractivity contribution >= 4 is 27.9 Å². The van der Waals surface area contributed by atoms with Crippen molar-refractivity contribution in [3.8, 4) is 0 Å². The maximum Gasteiger partial charge on any atom is 0.187 e. The zero-order chi connectivity index (χ0) is 13.1. The molecule has 0 spiro atoms. The lowest BCUT2D eigenvalue weighted by atomic mass is 10.1. The lowest BCUT2D eigenvalue weighted by Crippen LogP contribution is -2.01. The summed E-state index contributed by atoms with van der Waals surface area (Å²) in [6.07, 6.45) is 0.451. The Balaban J connectivity index is 2.25. The van der Waals surface area contributed by atoms with Crippen LogP contribution in [0.15, 0.2) is 24.3 Å². The topological polar surface area (TPSA) is 42.0 Å². The summed E-state index contributed by atoms with van der Waals surface area (Å²) in [4.78, 5) is 16.9. The van der Waals surface area contributed by atoms with Gasteiger partial charge in [-0.05, 0) is 32.4 Å². The molecule has 0 radical (unpaired) electrons. The van der Waals surface area contributed by atoms with E-state index in [1.165, 1.54) is 4.88 Å². The van der Waals surface area contributed by atoms with Gasteiger partial charge in [0, 0.05) is 17.0 Å². The van der Waals surface area contributed by atoms with Crippen LogP contribution in [0, 0.1) is 13.8 Å². The number of nitrogens with one attached hydrogen (secondary N) is 1. The number of anilines is 2. The molecule has 0 bridgehead atoms. The first-order valence-electron chi connectivity index (χ1n) is 5.84. The van der Waals surface area contributed by atoms with Crippen LogP contribution in [0.4, 0.5) is 10.8 Å². The Labute approximate surface area is 111 Å². The van der Waals surface area contributed by atoms with Crippen molar-refractivity contribution in [3.05, 3.63) is 40.4 Å². The third kappa shape index (κ3) is 2.96. The first-order chi connectivity index (χ1) is 8.56. The third-order valence-electron chi connectivity index (χ3n) is 2.73. The van der Waals surface area contributed by atoms with E-state index in [4.69, 9.17) is 0 Å². The molecule has 1 N–H and O–H groups in total. The average molecular weight is 260 g/mol. The molecule has 0 saturated heterocycles. The van der Waals surface area contributed by atoms with Crippen molar-refractivity contribution in [1.29, 1.82) is 0 Å². The molecular weight excluding hydrogens is 244 g/mol. The van der Waals surface area contributed by atoms with Gasteiger partial charge in [0.2, 0.25) is 0 Å². The van der Waals surface area contributed by atoms with E-state index in [2.05, 4.69) is 17.2 Å². The van der Waals surface area contributed by atoms with Gasteiger partial charge in [0.25, 0.3) is 0 Å². The average Bonchev–Trinajstić information content (AvgIpc) is 2.60. The van der Waals surface area contributed by atoms with Crippen LogP contribution in [0.5, 0.6) is 0 Å². The van der Waals surface area contributed by atoms with Crippen molar-refractivity contribution in [1.82, 2.24) is 4.98 Å². The SMILES string of the molecule is CC(=O)Cc1ccccc1Nc1nc(C)c(C)s1. The molecule has 2 aromatic rings. The van der Waals surface area contributed by atoms with Crippen molar-refractivity contribution in [2.45, 2.75) is 27.2 Å². The number of rotatable bonds is 4. The third-order valence-corrected chi connectivity index (χ3v) is 3.72. The summed E-state index contributed by atoms with van der Waals surface area (Å²) < 4.78 is 0. The summed E-state index contributed by atoms with van der Waals surface area (Å²) in [6.45, 7) is 5.66. The molecule has 1 heterocycles. The highest BCUT2D eigenvalue weighted by molar-refractivity contribution is 7.15. The van der Waals surface area contributed by atoms with Crippen LogP contribution in [0.3, 0.4) is 0 Å².